The van der Waals surface area contributed by atoms with Gasteiger partial charge in [0.1, 0.15) is 5.82 Å². The number of halogens is 1. The summed E-state index contributed by atoms with van der Waals surface area (Å²) < 4.78 is 24.0. The molecule has 0 radical (unpaired) electrons. The summed E-state index contributed by atoms with van der Waals surface area (Å²) >= 11 is 0. The molecule has 24 heavy (non-hydrogen) atoms. The van der Waals surface area contributed by atoms with E-state index in [9.17, 15) is 9.18 Å². The standard InChI is InChI=1S/C19H22FNO3/c1-13(10-14-8-9-17(23-2)18(11-14)24-3)19(22)21-12-15-6-4-5-7-16(15)20/h4-9,11,13H,10,12H2,1-3H3,(H,21,22). The van der Waals surface area contributed by atoms with Crippen molar-refractivity contribution in [3.63, 3.8) is 0 Å². The highest BCUT2D eigenvalue weighted by molar-refractivity contribution is 5.78. The summed E-state index contributed by atoms with van der Waals surface area (Å²) in [5.41, 5.74) is 1.45. The van der Waals surface area contributed by atoms with Crippen LogP contribution in [0, 0.1) is 11.7 Å². The number of carbonyl (C=O) groups is 1. The maximum absolute atomic E-state index is 13.6. The molecule has 0 spiro atoms. The summed E-state index contributed by atoms with van der Waals surface area (Å²) in [5.74, 6) is 0.611. The molecule has 2 aromatic rings. The second kappa shape index (κ2) is 8.34. The smallest absolute Gasteiger partial charge is 0.223 e. The molecule has 0 bridgehead atoms. The van der Waals surface area contributed by atoms with E-state index < -0.39 is 0 Å². The van der Waals surface area contributed by atoms with E-state index in [2.05, 4.69) is 5.32 Å². The van der Waals surface area contributed by atoms with Crippen molar-refractivity contribution >= 4 is 5.91 Å². The van der Waals surface area contributed by atoms with Crippen molar-refractivity contribution < 1.29 is 18.7 Å². The van der Waals surface area contributed by atoms with E-state index in [1.807, 2.05) is 25.1 Å². The Kier molecular flexibility index (Phi) is 6.18. The lowest BCUT2D eigenvalue weighted by Crippen LogP contribution is -2.30. The number of rotatable bonds is 7. The van der Waals surface area contributed by atoms with Crippen molar-refractivity contribution in [2.24, 2.45) is 5.92 Å². The molecule has 0 saturated heterocycles. The van der Waals surface area contributed by atoms with E-state index >= 15 is 0 Å². The minimum atomic E-state index is -0.314. The molecule has 0 aliphatic carbocycles. The topological polar surface area (TPSA) is 47.6 Å². The third-order valence-corrected chi connectivity index (χ3v) is 3.85. The summed E-state index contributed by atoms with van der Waals surface area (Å²) in [6, 6.07) is 12.0. The van der Waals surface area contributed by atoms with Gasteiger partial charge in [-0.15, -0.1) is 0 Å². The average molecular weight is 331 g/mol. The van der Waals surface area contributed by atoms with Crippen molar-refractivity contribution in [3.8, 4) is 11.5 Å². The van der Waals surface area contributed by atoms with Crippen LogP contribution < -0.4 is 14.8 Å². The van der Waals surface area contributed by atoms with E-state index in [0.717, 1.165) is 5.56 Å². The molecule has 0 aliphatic heterocycles. The van der Waals surface area contributed by atoms with Crippen LogP contribution in [-0.4, -0.2) is 20.1 Å². The predicted molar refractivity (Wildman–Crippen MR) is 90.7 cm³/mol. The molecule has 0 aliphatic rings. The van der Waals surface area contributed by atoms with Crippen LogP contribution in [0.1, 0.15) is 18.1 Å². The number of carbonyl (C=O) groups excluding carboxylic acids is 1. The van der Waals surface area contributed by atoms with E-state index in [1.54, 1.807) is 32.4 Å². The molecule has 1 unspecified atom stereocenters. The van der Waals surface area contributed by atoms with Gasteiger partial charge in [0.15, 0.2) is 11.5 Å². The van der Waals surface area contributed by atoms with Gasteiger partial charge < -0.3 is 14.8 Å². The Labute approximate surface area is 141 Å². The summed E-state index contributed by atoms with van der Waals surface area (Å²) in [5, 5.41) is 2.78. The fraction of sp³-hybridized carbons (Fsp3) is 0.316. The highest BCUT2D eigenvalue weighted by atomic mass is 19.1. The van der Waals surface area contributed by atoms with Crippen LogP contribution in [0.15, 0.2) is 42.5 Å². The molecule has 1 N–H and O–H groups in total. The third kappa shape index (κ3) is 4.47. The van der Waals surface area contributed by atoms with Gasteiger partial charge in [0.25, 0.3) is 0 Å². The van der Waals surface area contributed by atoms with Crippen LogP contribution in [0.3, 0.4) is 0 Å². The average Bonchev–Trinajstić information content (AvgIpc) is 2.60. The summed E-state index contributed by atoms with van der Waals surface area (Å²) in [7, 11) is 3.16. The van der Waals surface area contributed by atoms with Crippen LogP contribution in [0.5, 0.6) is 11.5 Å². The van der Waals surface area contributed by atoms with Crippen LogP contribution in [0.4, 0.5) is 4.39 Å². The molecule has 2 aromatic carbocycles. The molecular weight excluding hydrogens is 309 g/mol. The second-order valence-electron chi connectivity index (χ2n) is 5.60. The maximum Gasteiger partial charge on any atom is 0.223 e. The number of ether oxygens (including phenoxy) is 2. The Morgan fingerprint density at radius 1 is 1.12 bits per heavy atom. The van der Waals surface area contributed by atoms with E-state index in [-0.39, 0.29) is 24.2 Å². The number of benzene rings is 2. The minimum Gasteiger partial charge on any atom is -0.493 e. The zero-order valence-electron chi connectivity index (χ0n) is 14.1. The molecule has 5 heteroatoms. The predicted octanol–water partition coefficient (Wildman–Crippen LogP) is 3.34. The number of nitrogens with one attached hydrogen (secondary N) is 1. The fourth-order valence-electron chi connectivity index (χ4n) is 2.45. The van der Waals surface area contributed by atoms with E-state index in [4.69, 9.17) is 9.47 Å². The largest absolute Gasteiger partial charge is 0.493 e. The lowest BCUT2D eigenvalue weighted by atomic mass is 10.00. The molecule has 1 atom stereocenters. The number of methoxy groups -OCH3 is 2. The van der Waals surface area contributed by atoms with Gasteiger partial charge in [0.2, 0.25) is 5.91 Å². The molecular formula is C19H22FNO3. The van der Waals surface area contributed by atoms with Gasteiger partial charge in [0, 0.05) is 18.0 Å². The summed E-state index contributed by atoms with van der Waals surface area (Å²) in [6.07, 6.45) is 0.559. The Bertz CT molecular complexity index is 703. The zero-order chi connectivity index (χ0) is 17.5. The summed E-state index contributed by atoms with van der Waals surface area (Å²) in [6.45, 7) is 2.02. The number of hydrogen-bond donors (Lipinski definition) is 1. The molecule has 1 amide bonds. The Hall–Kier alpha value is -2.56. The van der Waals surface area contributed by atoms with Gasteiger partial charge in [0.05, 0.1) is 14.2 Å². The van der Waals surface area contributed by atoms with Crippen LogP contribution >= 0.6 is 0 Å². The lowest BCUT2D eigenvalue weighted by Gasteiger charge is -2.14. The van der Waals surface area contributed by atoms with Crippen LogP contribution in [-0.2, 0) is 17.8 Å². The van der Waals surface area contributed by atoms with Crippen molar-refractivity contribution in [3.05, 3.63) is 59.4 Å². The number of hydrogen-bond acceptors (Lipinski definition) is 3. The third-order valence-electron chi connectivity index (χ3n) is 3.85. The zero-order valence-corrected chi connectivity index (χ0v) is 14.1. The first-order valence-electron chi connectivity index (χ1n) is 7.77. The van der Waals surface area contributed by atoms with Crippen LogP contribution in [0.2, 0.25) is 0 Å². The van der Waals surface area contributed by atoms with Gasteiger partial charge >= 0.3 is 0 Å². The van der Waals surface area contributed by atoms with Gasteiger partial charge in [-0.2, -0.15) is 0 Å². The minimum absolute atomic E-state index is 0.118. The summed E-state index contributed by atoms with van der Waals surface area (Å²) in [4.78, 5) is 12.2. The quantitative estimate of drug-likeness (QED) is 0.846. The van der Waals surface area contributed by atoms with Gasteiger partial charge in [-0.1, -0.05) is 31.2 Å². The van der Waals surface area contributed by atoms with Gasteiger partial charge in [-0.25, -0.2) is 4.39 Å². The van der Waals surface area contributed by atoms with Gasteiger partial charge in [-0.3, -0.25) is 4.79 Å². The molecule has 0 aromatic heterocycles. The Balaban J connectivity index is 1.95. The molecule has 0 saturated carbocycles. The van der Waals surface area contributed by atoms with Crippen molar-refractivity contribution in [1.82, 2.24) is 5.32 Å². The monoisotopic (exact) mass is 331 g/mol. The Morgan fingerprint density at radius 3 is 2.50 bits per heavy atom. The Morgan fingerprint density at radius 2 is 1.83 bits per heavy atom. The van der Waals surface area contributed by atoms with E-state index in [0.29, 0.717) is 23.5 Å². The molecule has 0 heterocycles. The second-order valence-corrected chi connectivity index (χ2v) is 5.60. The molecule has 2 rings (SSSR count). The maximum atomic E-state index is 13.6. The first-order chi connectivity index (χ1) is 11.5. The first-order valence-corrected chi connectivity index (χ1v) is 7.77. The fourth-order valence-corrected chi connectivity index (χ4v) is 2.45. The van der Waals surface area contributed by atoms with Crippen molar-refractivity contribution in [2.45, 2.75) is 19.9 Å². The lowest BCUT2D eigenvalue weighted by molar-refractivity contribution is -0.124. The van der Waals surface area contributed by atoms with Crippen molar-refractivity contribution in [1.29, 1.82) is 0 Å². The SMILES string of the molecule is COc1ccc(CC(C)C(=O)NCc2ccccc2F)cc1OC. The highest BCUT2D eigenvalue weighted by Gasteiger charge is 2.15. The molecule has 0 fully saturated rings. The molecule has 4 nitrogen and oxygen atoms in total. The van der Waals surface area contributed by atoms with Gasteiger partial charge in [-0.05, 0) is 30.2 Å². The highest BCUT2D eigenvalue weighted by Crippen LogP contribution is 2.28. The van der Waals surface area contributed by atoms with E-state index in [1.165, 1.54) is 6.07 Å². The first kappa shape index (κ1) is 17.8. The normalized spacial score (nSPS) is 11.7. The van der Waals surface area contributed by atoms with Crippen LogP contribution in [0.25, 0.3) is 0 Å². The molecule has 128 valence electrons. The number of amides is 1. The van der Waals surface area contributed by atoms with Crippen molar-refractivity contribution in [2.75, 3.05) is 14.2 Å².